The molecule has 0 heterocycles. The van der Waals surface area contributed by atoms with Gasteiger partial charge in [-0.15, -0.1) is 0 Å². The molecule has 0 unspecified atom stereocenters. The minimum absolute atomic E-state index is 0.311. The van der Waals surface area contributed by atoms with Gasteiger partial charge in [0.25, 0.3) is 0 Å². The number of anilines is 1. The second-order valence-corrected chi connectivity index (χ2v) is 3.04. The van der Waals surface area contributed by atoms with Gasteiger partial charge in [0.1, 0.15) is 0 Å². The zero-order chi connectivity index (χ0) is 10.6. The molecule has 0 fully saturated rings. The molecule has 1 aromatic carbocycles. The third-order valence-corrected chi connectivity index (χ3v) is 1.93. The summed E-state index contributed by atoms with van der Waals surface area (Å²) in [7, 11) is 0. The Morgan fingerprint density at radius 2 is 2.07 bits per heavy atom. The molecule has 1 aromatic rings. The van der Waals surface area contributed by atoms with Crippen LogP contribution in [0.25, 0.3) is 0 Å². The molecule has 0 amide bonds. The van der Waals surface area contributed by atoms with E-state index >= 15 is 0 Å². The molecule has 0 aromatic heterocycles. The van der Waals surface area contributed by atoms with E-state index < -0.39 is 0 Å². The van der Waals surface area contributed by atoms with Gasteiger partial charge in [-0.3, -0.25) is 0 Å². The molecule has 3 heteroatoms. The zero-order valence-corrected chi connectivity index (χ0v) is 8.54. The van der Waals surface area contributed by atoms with Crippen LogP contribution in [0, 0.1) is 0 Å². The first-order chi connectivity index (χ1) is 6.67. The van der Waals surface area contributed by atoms with Crippen LogP contribution in [-0.4, -0.2) is 12.6 Å². The summed E-state index contributed by atoms with van der Waals surface area (Å²) in [6, 6.07) is 5.31. The van der Waals surface area contributed by atoms with Crippen molar-refractivity contribution < 1.29 is 9.53 Å². The van der Waals surface area contributed by atoms with E-state index in [2.05, 4.69) is 0 Å². The van der Waals surface area contributed by atoms with Crippen LogP contribution in [0.4, 0.5) is 5.69 Å². The van der Waals surface area contributed by atoms with E-state index in [0.29, 0.717) is 17.9 Å². The van der Waals surface area contributed by atoms with Gasteiger partial charge < -0.3 is 10.5 Å². The van der Waals surface area contributed by atoms with Gasteiger partial charge in [0, 0.05) is 5.69 Å². The summed E-state index contributed by atoms with van der Waals surface area (Å²) < 4.78 is 4.89. The summed E-state index contributed by atoms with van der Waals surface area (Å²) in [5, 5.41) is 0. The molecule has 2 N–H and O–H groups in total. The van der Waals surface area contributed by atoms with Crippen LogP contribution in [0.5, 0.6) is 0 Å². The Morgan fingerprint density at radius 3 is 2.64 bits per heavy atom. The van der Waals surface area contributed by atoms with Crippen LogP contribution in [0.15, 0.2) is 18.2 Å². The van der Waals surface area contributed by atoms with Gasteiger partial charge in [0.05, 0.1) is 12.2 Å². The first-order valence-electron chi connectivity index (χ1n) is 4.74. The zero-order valence-electron chi connectivity index (χ0n) is 8.54. The minimum Gasteiger partial charge on any atom is -0.462 e. The van der Waals surface area contributed by atoms with E-state index in [1.165, 1.54) is 0 Å². The smallest absolute Gasteiger partial charge is 0.338 e. The van der Waals surface area contributed by atoms with Crippen molar-refractivity contribution >= 4 is 11.7 Å². The van der Waals surface area contributed by atoms with E-state index in [9.17, 15) is 4.79 Å². The molecule has 0 radical (unpaired) electrons. The highest BCUT2D eigenvalue weighted by molar-refractivity contribution is 5.90. The maximum atomic E-state index is 11.4. The lowest BCUT2D eigenvalue weighted by atomic mass is 10.1. The molecular weight excluding hydrogens is 178 g/mol. The monoisotopic (exact) mass is 193 g/mol. The average molecular weight is 193 g/mol. The van der Waals surface area contributed by atoms with Crippen molar-refractivity contribution in [1.82, 2.24) is 0 Å². The van der Waals surface area contributed by atoms with Crippen molar-refractivity contribution in [1.29, 1.82) is 0 Å². The van der Waals surface area contributed by atoms with Crippen LogP contribution in [0.1, 0.15) is 29.8 Å². The van der Waals surface area contributed by atoms with Gasteiger partial charge in [-0.25, -0.2) is 4.79 Å². The third-order valence-electron chi connectivity index (χ3n) is 1.93. The molecule has 1 rings (SSSR count). The molecule has 0 saturated heterocycles. The second kappa shape index (κ2) is 4.65. The minimum atomic E-state index is -0.311. The molecule has 0 bridgehead atoms. The summed E-state index contributed by atoms with van der Waals surface area (Å²) >= 11 is 0. The number of hydrogen-bond acceptors (Lipinski definition) is 3. The number of ether oxygens (including phenoxy) is 1. The lowest BCUT2D eigenvalue weighted by molar-refractivity contribution is 0.0526. The van der Waals surface area contributed by atoms with E-state index in [-0.39, 0.29) is 5.97 Å². The Balaban J connectivity index is 2.96. The standard InChI is InChI=1S/C11H15NO2/c1-3-8-5-9(7-10(12)6-8)11(13)14-4-2/h5-7H,3-4,12H2,1-2H3. The van der Waals surface area contributed by atoms with Gasteiger partial charge >= 0.3 is 5.97 Å². The Kier molecular flexibility index (Phi) is 3.51. The molecule has 0 saturated carbocycles. The van der Waals surface area contributed by atoms with Gasteiger partial charge in [-0.2, -0.15) is 0 Å². The van der Waals surface area contributed by atoms with Crippen molar-refractivity contribution in [2.75, 3.05) is 12.3 Å². The number of hydrogen-bond donors (Lipinski definition) is 1. The normalized spacial score (nSPS) is 9.86. The largest absolute Gasteiger partial charge is 0.462 e. The summed E-state index contributed by atoms with van der Waals surface area (Å²) in [6.07, 6.45) is 0.859. The second-order valence-electron chi connectivity index (χ2n) is 3.04. The topological polar surface area (TPSA) is 52.3 Å². The molecule has 0 spiro atoms. The lowest BCUT2D eigenvalue weighted by Gasteiger charge is -2.05. The fourth-order valence-corrected chi connectivity index (χ4v) is 1.25. The number of carbonyl (C=O) groups excluding carboxylic acids is 1. The molecule has 0 aliphatic carbocycles. The molecule has 14 heavy (non-hydrogen) atoms. The lowest BCUT2D eigenvalue weighted by Crippen LogP contribution is -2.06. The summed E-state index contributed by atoms with van der Waals surface area (Å²) in [4.78, 5) is 11.4. The Morgan fingerprint density at radius 1 is 1.36 bits per heavy atom. The van der Waals surface area contributed by atoms with Gasteiger partial charge in [0.15, 0.2) is 0 Å². The summed E-state index contributed by atoms with van der Waals surface area (Å²) in [5.74, 6) is -0.311. The highest BCUT2D eigenvalue weighted by Crippen LogP contribution is 2.13. The predicted molar refractivity (Wildman–Crippen MR) is 56.2 cm³/mol. The highest BCUT2D eigenvalue weighted by atomic mass is 16.5. The van der Waals surface area contributed by atoms with E-state index in [0.717, 1.165) is 12.0 Å². The third kappa shape index (κ3) is 2.49. The van der Waals surface area contributed by atoms with Crippen LogP contribution in [0.3, 0.4) is 0 Å². The van der Waals surface area contributed by atoms with Gasteiger partial charge in [-0.1, -0.05) is 6.92 Å². The summed E-state index contributed by atoms with van der Waals surface area (Å²) in [5.41, 5.74) is 7.85. The number of nitrogen functional groups attached to an aromatic ring is 1. The predicted octanol–water partition coefficient (Wildman–Crippen LogP) is 2.01. The SMILES string of the molecule is CCOC(=O)c1cc(N)cc(CC)c1. The van der Waals surface area contributed by atoms with Crippen LogP contribution in [-0.2, 0) is 11.2 Å². The number of benzene rings is 1. The first-order valence-corrected chi connectivity index (χ1v) is 4.74. The number of aryl methyl sites for hydroxylation is 1. The average Bonchev–Trinajstić information content (AvgIpc) is 2.17. The molecule has 0 atom stereocenters. The molecule has 0 aliphatic rings. The van der Waals surface area contributed by atoms with Crippen molar-refractivity contribution in [3.8, 4) is 0 Å². The maximum absolute atomic E-state index is 11.4. The van der Waals surface area contributed by atoms with Crippen molar-refractivity contribution in [2.24, 2.45) is 0 Å². The highest BCUT2D eigenvalue weighted by Gasteiger charge is 2.07. The van der Waals surface area contributed by atoms with Crippen molar-refractivity contribution in [3.63, 3.8) is 0 Å². The fraction of sp³-hybridized carbons (Fsp3) is 0.364. The number of carbonyl (C=O) groups is 1. The Hall–Kier alpha value is -1.51. The van der Waals surface area contributed by atoms with Crippen LogP contribution < -0.4 is 5.73 Å². The molecule has 0 aliphatic heterocycles. The molecule has 3 nitrogen and oxygen atoms in total. The number of nitrogens with two attached hydrogens (primary N) is 1. The van der Waals surface area contributed by atoms with E-state index in [1.54, 1.807) is 13.0 Å². The van der Waals surface area contributed by atoms with Crippen LogP contribution in [0.2, 0.25) is 0 Å². The van der Waals surface area contributed by atoms with Crippen molar-refractivity contribution in [3.05, 3.63) is 29.3 Å². The number of esters is 1. The fourth-order valence-electron chi connectivity index (χ4n) is 1.25. The Bertz CT molecular complexity index is 334. The quantitative estimate of drug-likeness (QED) is 0.590. The van der Waals surface area contributed by atoms with Gasteiger partial charge in [0.2, 0.25) is 0 Å². The molecule has 76 valence electrons. The first kappa shape index (κ1) is 10.6. The van der Waals surface area contributed by atoms with E-state index in [4.69, 9.17) is 10.5 Å². The maximum Gasteiger partial charge on any atom is 0.338 e. The Labute approximate surface area is 83.9 Å². The summed E-state index contributed by atoms with van der Waals surface area (Å²) in [6.45, 7) is 4.18. The van der Waals surface area contributed by atoms with Crippen LogP contribution >= 0.6 is 0 Å². The van der Waals surface area contributed by atoms with Crippen molar-refractivity contribution in [2.45, 2.75) is 20.3 Å². The number of rotatable bonds is 3. The van der Waals surface area contributed by atoms with E-state index in [1.807, 2.05) is 19.1 Å². The van der Waals surface area contributed by atoms with Gasteiger partial charge in [-0.05, 0) is 37.1 Å². The molecular formula is C11H15NO2.